The number of aromatic nitrogens is 1. The van der Waals surface area contributed by atoms with Gasteiger partial charge in [-0.1, -0.05) is 43.2 Å². The number of nitrogens with zero attached hydrogens (tertiary/aromatic N) is 2. The first kappa shape index (κ1) is 20.3. The summed E-state index contributed by atoms with van der Waals surface area (Å²) in [5.74, 6) is -0.0537. The first-order chi connectivity index (χ1) is 15.1. The van der Waals surface area contributed by atoms with Crippen molar-refractivity contribution in [1.29, 1.82) is 0 Å². The molecule has 1 atom stereocenters. The monoisotopic (exact) mass is 435 g/mol. The third kappa shape index (κ3) is 3.67. The number of fused-ring (bicyclic) bond motifs is 3. The van der Waals surface area contributed by atoms with Crippen LogP contribution >= 0.6 is 11.3 Å². The average molecular weight is 436 g/mol. The zero-order valence-corrected chi connectivity index (χ0v) is 18.8. The minimum atomic E-state index is -0.892. The maximum absolute atomic E-state index is 13.6. The molecule has 0 radical (unpaired) electrons. The number of amides is 2. The number of carbonyl (C=O) groups is 2. The van der Waals surface area contributed by atoms with Crippen LogP contribution in [0.1, 0.15) is 55.1 Å². The lowest BCUT2D eigenvalue weighted by molar-refractivity contribution is -0.133. The van der Waals surface area contributed by atoms with E-state index in [9.17, 15) is 9.59 Å². The lowest BCUT2D eigenvalue weighted by atomic mass is 9.93. The van der Waals surface area contributed by atoms with Crippen molar-refractivity contribution in [2.45, 2.75) is 63.6 Å². The number of benzene rings is 1. The van der Waals surface area contributed by atoms with E-state index < -0.39 is 5.54 Å². The van der Waals surface area contributed by atoms with Crippen LogP contribution in [0, 0.1) is 0 Å². The summed E-state index contributed by atoms with van der Waals surface area (Å²) in [4.78, 5) is 29.0. The molecule has 0 unspecified atom stereocenters. The Kier molecular flexibility index (Phi) is 5.34. The van der Waals surface area contributed by atoms with E-state index in [1.54, 1.807) is 11.3 Å². The summed E-state index contributed by atoms with van der Waals surface area (Å²) in [7, 11) is 0. The van der Waals surface area contributed by atoms with Gasteiger partial charge >= 0.3 is 0 Å². The maximum atomic E-state index is 13.6. The van der Waals surface area contributed by atoms with Gasteiger partial charge in [-0.05, 0) is 55.7 Å². The zero-order valence-electron chi connectivity index (χ0n) is 18.0. The van der Waals surface area contributed by atoms with E-state index in [1.807, 2.05) is 41.5 Å². The summed E-state index contributed by atoms with van der Waals surface area (Å²) in [6.07, 6.45) is 6.12. The quantitative estimate of drug-likeness (QED) is 0.615. The molecular weight excluding hydrogens is 406 g/mol. The fraction of sp³-hybridized carbons (Fsp3) is 0.440. The van der Waals surface area contributed by atoms with E-state index >= 15 is 0 Å². The molecule has 0 saturated heterocycles. The predicted octanol–water partition coefficient (Wildman–Crippen LogP) is 4.61. The van der Waals surface area contributed by atoms with Crippen LogP contribution in [-0.2, 0) is 17.8 Å². The van der Waals surface area contributed by atoms with Crippen molar-refractivity contribution in [3.8, 4) is 0 Å². The van der Waals surface area contributed by atoms with E-state index in [0.29, 0.717) is 18.8 Å². The minimum absolute atomic E-state index is 0.0183. The zero-order chi connectivity index (χ0) is 21.4. The normalized spacial score (nSPS) is 21.6. The molecule has 2 amide bonds. The molecule has 0 bridgehead atoms. The molecule has 5 nitrogen and oxygen atoms in total. The number of nitrogens with one attached hydrogen (secondary N) is 1. The fourth-order valence-electron chi connectivity index (χ4n) is 5.12. The largest absolute Gasteiger partial charge is 0.351 e. The Morgan fingerprint density at radius 1 is 1.19 bits per heavy atom. The van der Waals surface area contributed by atoms with Crippen molar-refractivity contribution in [2.75, 3.05) is 6.54 Å². The first-order valence-electron chi connectivity index (χ1n) is 11.3. The Labute approximate surface area is 187 Å². The highest BCUT2D eigenvalue weighted by atomic mass is 32.1. The molecule has 1 aliphatic heterocycles. The second kappa shape index (κ2) is 8.15. The van der Waals surface area contributed by atoms with Gasteiger partial charge < -0.3 is 14.8 Å². The lowest BCUT2D eigenvalue weighted by Crippen LogP contribution is -2.64. The van der Waals surface area contributed by atoms with Crippen molar-refractivity contribution in [2.24, 2.45) is 0 Å². The molecule has 1 fully saturated rings. The molecule has 2 aromatic heterocycles. The molecule has 1 saturated carbocycles. The molecule has 6 heteroatoms. The van der Waals surface area contributed by atoms with Gasteiger partial charge in [0.15, 0.2) is 0 Å². The SMILES string of the molecule is C[C@]1(C(=O)NC2CCCC2)Cn2c(cc3sccc32)C(=O)N1CCCc1ccccc1. The Morgan fingerprint density at radius 2 is 1.97 bits per heavy atom. The van der Waals surface area contributed by atoms with Crippen LogP contribution < -0.4 is 5.32 Å². The highest BCUT2D eigenvalue weighted by Crippen LogP contribution is 2.35. The van der Waals surface area contributed by atoms with Crippen molar-refractivity contribution in [3.05, 3.63) is 59.1 Å². The number of thiophene rings is 1. The number of hydrogen-bond donors (Lipinski definition) is 1. The summed E-state index contributed by atoms with van der Waals surface area (Å²) >= 11 is 1.64. The van der Waals surface area contributed by atoms with Crippen LogP contribution in [0.2, 0.25) is 0 Å². The van der Waals surface area contributed by atoms with Crippen LogP contribution in [0.5, 0.6) is 0 Å². The van der Waals surface area contributed by atoms with Crippen molar-refractivity contribution >= 4 is 33.4 Å². The molecule has 0 spiro atoms. The summed E-state index contributed by atoms with van der Waals surface area (Å²) in [5.41, 5.74) is 2.12. The van der Waals surface area contributed by atoms with Crippen LogP contribution in [0.4, 0.5) is 0 Å². The summed E-state index contributed by atoms with van der Waals surface area (Å²) in [5, 5.41) is 5.32. The standard InChI is InChI=1S/C25H29N3O2S/c1-25(24(30)26-19-11-5-6-12-19)17-27-20-13-15-31-22(20)16-21(27)23(29)28(25)14-7-10-18-8-3-2-4-9-18/h2-4,8-9,13,15-16,19H,5-7,10-12,14,17H2,1H3,(H,26,30)/t25-/m1/s1. The topological polar surface area (TPSA) is 54.3 Å². The van der Waals surface area contributed by atoms with Crippen LogP contribution in [0.25, 0.3) is 10.2 Å². The van der Waals surface area contributed by atoms with E-state index in [0.717, 1.165) is 35.9 Å². The second-order valence-electron chi connectivity index (χ2n) is 9.06. The number of hydrogen-bond acceptors (Lipinski definition) is 3. The Morgan fingerprint density at radius 3 is 2.74 bits per heavy atom. The predicted molar refractivity (Wildman–Crippen MR) is 124 cm³/mol. The summed E-state index contributed by atoms with van der Waals surface area (Å²) in [6.45, 7) is 3.01. The van der Waals surface area contributed by atoms with Crippen molar-refractivity contribution in [1.82, 2.24) is 14.8 Å². The second-order valence-corrected chi connectivity index (χ2v) is 10.0. The van der Waals surface area contributed by atoms with Crippen molar-refractivity contribution in [3.63, 3.8) is 0 Å². The van der Waals surface area contributed by atoms with Crippen molar-refractivity contribution < 1.29 is 9.59 Å². The summed E-state index contributed by atoms with van der Waals surface area (Å²) < 4.78 is 3.16. The van der Waals surface area contributed by atoms with Gasteiger partial charge in [0.25, 0.3) is 5.91 Å². The van der Waals surface area contributed by atoms with E-state index in [2.05, 4.69) is 28.1 Å². The molecule has 5 rings (SSSR count). The molecule has 3 aromatic rings. The van der Waals surface area contributed by atoms with Crippen LogP contribution in [0.15, 0.2) is 47.8 Å². The Balaban J connectivity index is 1.43. The number of carbonyl (C=O) groups excluding carboxylic acids is 2. The highest BCUT2D eigenvalue weighted by molar-refractivity contribution is 7.17. The molecule has 31 heavy (non-hydrogen) atoms. The molecular formula is C25H29N3O2S. The maximum Gasteiger partial charge on any atom is 0.271 e. The van der Waals surface area contributed by atoms with Gasteiger partial charge in [0.1, 0.15) is 11.2 Å². The van der Waals surface area contributed by atoms with Gasteiger partial charge in [-0.2, -0.15) is 0 Å². The third-order valence-corrected chi connectivity index (χ3v) is 7.77. The molecule has 1 aliphatic carbocycles. The first-order valence-corrected chi connectivity index (χ1v) is 12.2. The van der Waals surface area contributed by atoms with E-state index in [4.69, 9.17) is 0 Å². The molecule has 1 aromatic carbocycles. The molecule has 2 aliphatic rings. The van der Waals surface area contributed by atoms with Crippen LogP contribution in [-0.4, -0.2) is 39.4 Å². The highest BCUT2D eigenvalue weighted by Gasteiger charge is 2.48. The number of rotatable bonds is 6. The fourth-order valence-corrected chi connectivity index (χ4v) is 5.94. The minimum Gasteiger partial charge on any atom is -0.351 e. The van der Waals surface area contributed by atoms with Gasteiger partial charge in [-0.3, -0.25) is 9.59 Å². The van der Waals surface area contributed by atoms with E-state index in [-0.39, 0.29) is 17.9 Å². The van der Waals surface area contributed by atoms with E-state index in [1.165, 1.54) is 18.4 Å². The molecule has 1 N–H and O–H groups in total. The average Bonchev–Trinajstić information content (AvgIpc) is 3.50. The Hall–Kier alpha value is -2.60. The Bertz CT molecular complexity index is 1100. The van der Waals surface area contributed by atoms with Gasteiger partial charge in [-0.15, -0.1) is 11.3 Å². The smallest absolute Gasteiger partial charge is 0.271 e. The molecule has 162 valence electrons. The number of aryl methyl sites for hydroxylation is 1. The lowest BCUT2D eigenvalue weighted by Gasteiger charge is -2.44. The van der Waals surface area contributed by atoms with Gasteiger partial charge in [0, 0.05) is 12.6 Å². The van der Waals surface area contributed by atoms with Gasteiger partial charge in [0.05, 0.1) is 16.8 Å². The molecule has 3 heterocycles. The van der Waals surface area contributed by atoms with Gasteiger partial charge in [0.2, 0.25) is 5.91 Å². The van der Waals surface area contributed by atoms with Crippen LogP contribution in [0.3, 0.4) is 0 Å². The third-order valence-electron chi connectivity index (χ3n) is 6.92. The van der Waals surface area contributed by atoms with Gasteiger partial charge in [-0.25, -0.2) is 0 Å². The summed E-state index contributed by atoms with van der Waals surface area (Å²) in [6, 6.07) is 14.6.